The summed E-state index contributed by atoms with van der Waals surface area (Å²) < 4.78 is 1.01. The number of carboxylic acid groups (broad SMARTS) is 1. The van der Waals surface area contributed by atoms with Gasteiger partial charge in [0.1, 0.15) is 12.6 Å². The number of hydrogen-bond donors (Lipinski definition) is 2. The van der Waals surface area contributed by atoms with Crippen LogP contribution in [0.2, 0.25) is 0 Å². The number of aromatic nitrogens is 2. The van der Waals surface area contributed by atoms with E-state index in [1.165, 1.54) is 13.0 Å². The molecule has 1 aromatic heterocycles. The van der Waals surface area contributed by atoms with E-state index in [4.69, 9.17) is 5.11 Å². The maximum atomic E-state index is 11.8. The van der Waals surface area contributed by atoms with Crippen molar-refractivity contribution in [3.63, 3.8) is 0 Å². The van der Waals surface area contributed by atoms with Gasteiger partial charge >= 0.3 is 5.97 Å². The SMILES string of the molecule is CC(NC(=O)Cn1nc(-c2ccccc2)ccc1=O)C(=O)O. The molecule has 1 amide bonds. The van der Waals surface area contributed by atoms with Crippen LogP contribution in [0.25, 0.3) is 11.3 Å². The molecule has 114 valence electrons. The number of carboxylic acids is 1. The molecule has 2 N–H and O–H groups in total. The van der Waals surface area contributed by atoms with E-state index in [9.17, 15) is 14.4 Å². The van der Waals surface area contributed by atoms with Crippen LogP contribution in [-0.2, 0) is 16.1 Å². The van der Waals surface area contributed by atoms with Gasteiger partial charge in [-0.2, -0.15) is 5.10 Å². The van der Waals surface area contributed by atoms with Crippen LogP contribution < -0.4 is 10.9 Å². The van der Waals surface area contributed by atoms with Gasteiger partial charge in [0.05, 0.1) is 5.69 Å². The van der Waals surface area contributed by atoms with Crippen LogP contribution in [-0.4, -0.2) is 32.8 Å². The summed E-state index contributed by atoms with van der Waals surface area (Å²) in [6.45, 7) is 1.01. The third kappa shape index (κ3) is 3.78. The van der Waals surface area contributed by atoms with Crippen LogP contribution in [0.4, 0.5) is 0 Å². The predicted octanol–water partition coefficient (Wildman–Crippen LogP) is 0.500. The van der Waals surface area contributed by atoms with Crippen molar-refractivity contribution in [1.82, 2.24) is 15.1 Å². The third-order valence-electron chi connectivity index (χ3n) is 2.98. The Morgan fingerprint density at radius 2 is 1.91 bits per heavy atom. The van der Waals surface area contributed by atoms with Crippen LogP contribution >= 0.6 is 0 Å². The number of benzene rings is 1. The smallest absolute Gasteiger partial charge is 0.325 e. The van der Waals surface area contributed by atoms with Gasteiger partial charge < -0.3 is 10.4 Å². The molecule has 0 radical (unpaired) electrons. The molecule has 1 atom stereocenters. The Balaban J connectivity index is 2.19. The second-order valence-electron chi connectivity index (χ2n) is 4.71. The molecule has 0 saturated carbocycles. The molecule has 2 aromatic rings. The summed E-state index contributed by atoms with van der Waals surface area (Å²) in [5, 5.41) is 15.2. The Kier molecular flexibility index (Phi) is 4.67. The van der Waals surface area contributed by atoms with Gasteiger partial charge in [-0.05, 0) is 13.0 Å². The van der Waals surface area contributed by atoms with Crippen LogP contribution in [0.5, 0.6) is 0 Å². The van der Waals surface area contributed by atoms with Crippen molar-refractivity contribution in [1.29, 1.82) is 0 Å². The second kappa shape index (κ2) is 6.66. The molecule has 0 bridgehead atoms. The summed E-state index contributed by atoms with van der Waals surface area (Å²) in [6.07, 6.45) is 0. The molecular weight excluding hydrogens is 286 g/mol. The lowest BCUT2D eigenvalue weighted by atomic mass is 10.1. The van der Waals surface area contributed by atoms with Crippen molar-refractivity contribution in [3.8, 4) is 11.3 Å². The number of carbonyl (C=O) groups is 2. The lowest BCUT2D eigenvalue weighted by Crippen LogP contribution is -2.41. The number of amides is 1. The highest BCUT2D eigenvalue weighted by Gasteiger charge is 2.15. The number of rotatable bonds is 5. The van der Waals surface area contributed by atoms with Gasteiger partial charge in [-0.3, -0.25) is 14.4 Å². The molecule has 1 unspecified atom stereocenters. The minimum Gasteiger partial charge on any atom is -0.480 e. The van der Waals surface area contributed by atoms with Gasteiger partial charge in [0.15, 0.2) is 0 Å². The summed E-state index contributed by atoms with van der Waals surface area (Å²) in [6, 6.07) is 11.1. The van der Waals surface area contributed by atoms with Gasteiger partial charge in [-0.25, -0.2) is 4.68 Å². The largest absolute Gasteiger partial charge is 0.480 e. The van der Waals surface area contributed by atoms with Gasteiger partial charge in [0.25, 0.3) is 5.56 Å². The molecule has 0 spiro atoms. The normalized spacial score (nSPS) is 11.7. The van der Waals surface area contributed by atoms with Gasteiger partial charge in [-0.15, -0.1) is 0 Å². The van der Waals surface area contributed by atoms with Gasteiger partial charge in [0, 0.05) is 11.6 Å². The van der Waals surface area contributed by atoms with Gasteiger partial charge in [0.2, 0.25) is 5.91 Å². The van der Waals surface area contributed by atoms with Crippen molar-refractivity contribution < 1.29 is 14.7 Å². The average Bonchev–Trinajstić information content (AvgIpc) is 2.50. The van der Waals surface area contributed by atoms with Crippen LogP contribution in [0.15, 0.2) is 47.3 Å². The Morgan fingerprint density at radius 1 is 1.23 bits per heavy atom. The van der Waals surface area contributed by atoms with Crippen molar-refractivity contribution >= 4 is 11.9 Å². The highest BCUT2D eigenvalue weighted by Crippen LogP contribution is 2.13. The van der Waals surface area contributed by atoms with E-state index < -0.39 is 23.5 Å². The highest BCUT2D eigenvalue weighted by molar-refractivity contribution is 5.83. The van der Waals surface area contributed by atoms with E-state index in [1.54, 1.807) is 6.07 Å². The van der Waals surface area contributed by atoms with Gasteiger partial charge in [-0.1, -0.05) is 30.3 Å². The number of nitrogens with one attached hydrogen (secondary N) is 1. The molecule has 0 saturated heterocycles. The van der Waals surface area contributed by atoms with E-state index in [1.807, 2.05) is 30.3 Å². The first-order chi connectivity index (χ1) is 10.5. The summed E-state index contributed by atoms with van der Waals surface area (Å²) in [7, 11) is 0. The first kappa shape index (κ1) is 15.4. The molecule has 2 rings (SSSR count). The Labute approximate surface area is 126 Å². The van der Waals surface area contributed by atoms with E-state index in [0.717, 1.165) is 10.2 Å². The minimum atomic E-state index is -1.15. The topological polar surface area (TPSA) is 101 Å². The van der Waals surface area contributed by atoms with Crippen molar-refractivity contribution in [2.75, 3.05) is 0 Å². The number of carbonyl (C=O) groups excluding carboxylic acids is 1. The molecule has 0 aliphatic heterocycles. The fourth-order valence-electron chi connectivity index (χ4n) is 1.81. The van der Waals surface area contributed by atoms with Crippen LogP contribution in [0.3, 0.4) is 0 Å². The van der Waals surface area contributed by atoms with E-state index >= 15 is 0 Å². The number of aliphatic carboxylic acids is 1. The first-order valence-corrected chi connectivity index (χ1v) is 6.63. The van der Waals surface area contributed by atoms with Crippen LogP contribution in [0.1, 0.15) is 6.92 Å². The van der Waals surface area contributed by atoms with Crippen molar-refractivity contribution in [2.45, 2.75) is 19.5 Å². The fraction of sp³-hybridized carbons (Fsp3) is 0.200. The second-order valence-corrected chi connectivity index (χ2v) is 4.71. The zero-order valence-electron chi connectivity index (χ0n) is 11.9. The summed E-state index contributed by atoms with van der Waals surface area (Å²) in [5.74, 6) is -1.73. The lowest BCUT2D eigenvalue weighted by molar-refractivity contribution is -0.141. The summed E-state index contributed by atoms with van der Waals surface area (Å²) in [5.41, 5.74) is 0.938. The minimum absolute atomic E-state index is 0.336. The Morgan fingerprint density at radius 3 is 2.55 bits per heavy atom. The molecule has 7 nitrogen and oxygen atoms in total. The van der Waals surface area contributed by atoms with Crippen molar-refractivity contribution in [2.24, 2.45) is 0 Å². The molecule has 0 aliphatic carbocycles. The summed E-state index contributed by atoms with van der Waals surface area (Å²) in [4.78, 5) is 34.2. The Hall–Kier alpha value is -2.96. The van der Waals surface area contributed by atoms with E-state index in [0.29, 0.717) is 5.69 Å². The van der Waals surface area contributed by atoms with Crippen LogP contribution in [0, 0.1) is 0 Å². The molecule has 22 heavy (non-hydrogen) atoms. The van der Waals surface area contributed by atoms with Crippen molar-refractivity contribution in [3.05, 3.63) is 52.8 Å². The average molecular weight is 301 g/mol. The number of hydrogen-bond acceptors (Lipinski definition) is 4. The third-order valence-corrected chi connectivity index (χ3v) is 2.98. The maximum Gasteiger partial charge on any atom is 0.325 e. The predicted molar refractivity (Wildman–Crippen MR) is 79.2 cm³/mol. The molecule has 1 heterocycles. The molecule has 7 heteroatoms. The first-order valence-electron chi connectivity index (χ1n) is 6.63. The molecular formula is C15H15N3O4. The monoisotopic (exact) mass is 301 g/mol. The standard InChI is InChI=1S/C15H15N3O4/c1-10(15(21)22)16-13(19)9-18-14(20)8-7-12(17-18)11-5-3-2-4-6-11/h2-8,10H,9H2,1H3,(H,16,19)(H,21,22). The summed E-state index contributed by atoms with van der Waals surface area (Å²) >= 11 is 0. The number of nitrogens with zero attached hydrogens (tertiary/aromatic N) is 2. The molecule has 0 aliphatic rings. The Bertz CT molecular complexity index is 740. The zero-order chi connectivity index (χ0) is 16.1. The zero-order valence-corrected chi connectivity index (χ0v) is 11.9. The lowest BCUT2D eigenvalue weighted by Gasteiger charge is -2.10. The highest BCUT2D eigenvalue weighted by atomic mass is 16.4. The molecule has 0 fully saturated rings. The molecule has 1 aromatic carbocycles. The maximum absolute atomic E-state index is 11.8. The fourth-order valence-corrected chi connectivity index (χ4v) is 1.81. The van der Waals surface area contributed by atoms with E-state index in [2.05, 4.69) is 10.4 Å². The quantitative estimate of drug-likeness (QED) is 0.837. The van der Waals surface area contributed by atoms with E-state index in [-0.39, 0.29) is 6.54 Å².